The Bertz CT molecular complexity index is 534. The summed E-state index contributed by atoms with van der Waals surface area (Å²) < 4.78 is 13.5. The minimum absolute atomic E-state index is 0.164. The number of halogens is 1. The molecule has 0 saturated heterocycles. The van der Waals surface area contributed by atoms with Gasteiger partial charge in [0, 0.05) is 18.8 Å². The second kappa shape index (κ2) is 5.59. The van der Waals surface area contributed by atoms with E-state index in [-0.39, 0.29) is 5.82 Å². The Balaban J connectivity index is 2.21. The Morgan fingerprint density at radius 1 is 1.39 bits per heavy atom. The summed E-state index contributed by atoms with van der Waals surface area (Å²) in [6.45, 7) is 6.77. The van der Waals surface area contributed by atoms with Crippen LogP contribution < -0.4 is 5.32 Å². The van der Waals surface area contributed by atoms with Crippen LogP contribution in [0.3, 0.4) is 0 Å². The molecule has 2 nitrogen and oxygen atoms in total. The topological polar surface area (TPSA) is 24.9 Å². The molecular weight excluding hydrogens is 247 g/mol. The molecule has 0 radical (unpaired) electrons. The van der Waals surface area contributed by atoms with E-state index in [1.165, 1.54) is 6.07 Å². The summed E-state index contributed by atoms with van der Waals surface area (Å²) >= 11 is 1.61. The highest BCUT2D eigenvalue weighted by Gasteiger charge is 2.09. The maximum Gasteiger partial charge on any atom is 0.126 e. The van der Waals surface area contributed by atoms with E-state index in [9.17, 15) is 4.39 Å². The van der Waals surface area contributed by atoms with Gasteiger partial charge in [0.05, 0.1) is 4.88 Å². The van der Waals surface area contributed by atoms with E-state index in [1.807, 2.05) is 12.3 Å². The van der Waals surface area contributed by atoms with Gasteiger partial charge in [-0.05, 0) is 24.1 Å². The minimum Gasteiger partial charge on any atom is -0.308 e. The number of benzene rings is 1. The predicted octanol–water partition coefficient (Wildman–Crippen LogP) is 3.76. The van der Waals surface area contributed by atoms with Crippen LogP contribution >= 0.6 is 11.3 Å². The van der Waals surface area contributed by atoms with Crippen molar-refractivity contribution >= 4 is 11.3 Å². The molecule has 0 aliphatic carbocycles. The molecule has 0 fully saturated rings. The van der Waals surface area contributed by atoms with Gasteiger partial charge in [0.15, 0.2) is 0 Å². The molecule has 2 rings (SSSR count). The Morgan fingerprint density at radius 2 is 2.17 bits per heavy atom. The standard InChI is InChI=1S/C14H17FN2S/c1-9(2)16-8-14-17-7-13(18-14)11-5-4-6-12(15)10(11)3/h4-7,9,16H,8H2,1-3H3. The van der Waals surface area contributed by atoms with E-state index >= 15 is 0 Å². The molecule has 1 N–H and O–H groups in total. The fraction of sp³-hybridized carbons (Fsp3) is 0.357. The number of nitrogens with one attached hydrogen (secondary N) is 1. The second-order valence-electron chi connectivity index (χ2n) is 4.57. The third-order valence-electron chi connectivity index (χ3n) is 2.75. The number of hydrogen-bond donors (Lipinski definition) is 1. The molecule has 0 saturated carbocycles. The molecular formula is C14H17FN2S. The van der Waals surface area contributed by atoms with Gasteiger partial charge in [-0.1, -0.05) is 26.0 Å². The van der Waals surface area contributed by atoms with E-state index in [1.54, 1.807) is 24.3 Å². The molecule has 1 aromatic carbocycles. The zero-order chi connectivity index (χ0) is 13.1. The summed E-state index contributed by atoms with van der Waals surface area (Å²) in [5, 5.41) is 4.36. The molecule has 0 spiro atoms. The lowest BCUT2D eigenvalue weighted by Gasteiger charge is -2.05. The summed E-state index contributed by atoms with van der Waals surface area (Å²) in [5.74, 6) is -0.164. The summed E-state index contributed by atoms with van der Waals surface area (Å²) in [6.07, 6.45) is 1.82. The summed E-state index contributed by atoms with van der Waals surface area (Å²) in [4.78, 5) is 5.39. The van der Waals surface area contributed by atoms with Crippen molar-refractivity contribution in [1.29, 1.82) is 0 Å². The molecule has 18 heavy (non-hydrogen) atoms. The van der Waals surface area contributed by atoms with Gasteiger partial charge in [0.2, 0.25) is 0 Å². The quantitative estimate of drug-likeness (QED) is 0.909. The number of aromatic nitrogens is 1. The summed E-state index contributed by atoms with van der Waals surface area (Å²) in [7, 11) is 0. The smallest absolute Gasteiger partial charge is 0.126 e. The first-order valence-electron chi connectivity index (χ1n) is 6.01. The number of thiazole rings is 1. The van der Waals surface area contributed by atoms with E-state index in [4.69, 9.17) is 0 Å². The van der Waals surface area contributed by atoms with Crippen LogP contribution in [0.2, 0.25) is 0 Å². The van der Waals surface area contributed by atoms with Gasteiger partial charge in [-0.25, -0.2) is 9.37 Å². The van der Waals surface area contributed by atoms with Gasteiger partial charge >= 0.3 is 0 Å². The van der Waals surface area contributed by atoms with Crippen LogP contribution in [0.1, 0.15) is 24.4 Å². The predicted molar refractivity (Wildman–Crippen MR) is 74.2 cm³/mol. The molecule has 2 aromatic rings. The van der Waals surface area contributed by atoms with Crippen LogP contribution in [-0.4, -0.2) is 11.0 Å². The SMILES string of the molecule is Cc1c(F)cccc1-c1cnc(CNC(C)C)s1. The lowest BCUT2D eigenvalue weighted by atomic mass is 10.1. The van der Waals surface area contributed by atoms with Crippen molar-refractivity contribution in [3.63, 3.8) is 0 Å². The fourth-order valence-electron chi connectivity index (χ4n) is 1.68. The van der Waals surface area contributed by atoms with Gasteiger partial charge in [-0.2, -0.15) is 0 Å². The van der Waals surface area contributed by atoms with Crippen molar-refractivity contribution < 1.29 is 4.39 Å². The van der Waals surface area contributed by atoms with E-state index in [2.05, 4.69) is 24.1 Å². The van der Waals surface area contributed by atoms with Gasteiger partial charge in [-0.3, -0.25) is 0 Å². The first kappa shape index (κ1) is 13.2. The van der Waals surface area contributed by atoms with Crippen molar-refractivity contribution in [3.05, 3.63) is 40.8 Å². The number of rotatable bonds is 4. The molecule has 4 heteroatoms. The Kier molecular flexibility index (Phi) is 4.09. The molecule has 1 heterocycles. The highest BCUT2D eigenvalue weighted by molar-refractivity contribution is 7.15. The summed E-state index contributed by atoms with van der Waals surface area (Å²) in [5.41, 5.74) is 1.62. The van der Waals surface area contributed by atoms with Crippen LogP contribution in [-0.2, 0) is 6.54 Å². The lowest BCUT2D eigenvalue weighted by molar-refractivity contribution is 0.587. The van der Waals surface area contributed by atoms with Crippen LogP contribution in [0.5, 0.6) is 0 Å². The Morgan fingerprint density at radius 3 is 2.89 bits per heavy atom. The van der Waals surface area contributed by atoms with Gasteiger partial charge < -0.3 is 5.32 Å². The highest BCUT2D eigenvalue weighted by Crippen LogP contribution is 2.29. The lowest BCUT2D eigenvalue weighted by Crippen LogP contribution is -2.21. The minimum atomic E-state index is -0.164. The van der Waals surface area contributed by atoms with Crippen molar-refractivity contribution in [2.75, 3.05) is 0 Å². The van der Waals surface area contributed by atoms with Crippen molar-refractivity contribution in [3.8, 4) is 10.4 Å². The number of nitrogens with zero attached hydrogens (tertiary/aromatic N) is 1. The monoisotopic (exact) mass is 264 g/mol. The average molecular weight is 264 g/mol. The van der Waals surface area contributed by atoms with Crippen LogP contribution in [0.25, 0.3) is 10.4 Å². The van der Waals surface area contributed by atoms with Crippen molar-refractivity contribution in [1.82, 2.24) is 10.3 Å². The normalized spacial score (nSPS) is 11.2. The largest absolute Gasteiger partial charge is 0.308 e. The van der Waals surface area contributed by atoms with E-state index in [0.717, 1.165) is 22.0 Å². The van der Waals surface area contributed by atoms with Crippen LogP contribution in [0, 0.1) is 12.7 Å². The number of hydrogen-bond acceptors (Lipinski definition) is 3. The maximum atomic E-state index is 13.5. The van der Waals surface area contributed by atoms with Crippen LogP contribution in [0.15, 0.2) is 24.4 Å². The molecule has 96 valence electrons. The molecule has 0 atom stereocenters. The summed E-state index contributed by atoms with van der Waals surface area (Å²) in [6, 6.07) is 5.60. The molecule has 0 unspecified atom stereocenters. The third kappa shape index (κ3) is 2.94. The van der Waals surface area contributed by atoms with Gasteiger partial charge in [0.1, 0.15) is 10.8 Å². The molecule has 0 amide bonds. The van der Waals surface area contributed by atoms with Gasteiger partial charge in [0.25, 0.3) is 0 Å². The first-order valence-corrected chi connectivity index (χ1v) is 6.83. The average Bonchev–Trinajstić information content (AvgIpc) is 2.78. The zero-order valence-corrected chi connectivity index (χ0v) is 11.6. The second-order valence-corrected chi connectivity index (χ2v) is 5.68. The zero-order valence-electron chi connectivity index (χ0n) is 10.8. The van der Waals surface area contributed by atoms with Crippen LogP contribution in [0.4, 0.5) is 4.39 Å². The van der Waals surface area contributed by atoms with Crippen molar-refractivity contribution in [2.24, 2.45) is 0 Å². The Hall–Kier alpha value is -1.26. The molecule has 1 aromatic heterocycles. The van der Waals surface area contributed by atoms with Gasteiger partial charge in [-0.15, -0.1) is 11.3 Å². The molecule has 0 aliphatic rings. The molecule has 0 bridgehead atoms. The van der Waals surface area contributed by atoms with E-state index in [0.29, 0.717) is 11.6 Å². The molecule has 0 aliphatic heterocycles. The maximum absolute atomic E-state index is 13.5. The fourth-order valence-corrected chi connectivity index (χ4v) is 2.63. The van der Waals surface area contributed by atoms with E-state index < -0.39 is 0 Å². The van der Waals surface area contributed by atoms with Crippen molar-refractivity contribution in [2.45, 2.75) is 33.4 Å². The third-order valence-corrected chi connectivity index (χ3v) is 3.78. The first-order chi connectivity index (χ1) is 8.58. The highest BCUT2D eigenvalue weighted by atomic mass is 32.1. The Labute approximate surface area is 111 Å².